The highest BCUT2D eigenvalue weighted by molar-refractivity contribution is 6.02. The van der Waals surface area contributed by atoms with E-state index in [4.69, 9.17) is 4.74 Å². The first-order chi connectivity index (χ1) is 13.4. The van der Waals surface area contributed by atoms with Crippen LogP contribution in [0.3, 0.4) is 0 Å². The zero-order valence-electron chi connectivity index (χ0n) is 16.6. The fraction of sp³-hybridized carbons (Fsp3) is 0.556. The molecule has 0 spiro atoms. The van der Waals surface area contributed by atoms with Gasteiger partial charge in [0.25, 0.3) is 5.91 Å². The molecule has 2 aromatic rings. The Kier molecular flexibility index (Phi) is 5.72. The number of hydrogen-bond acceptors (Lipinski definition) is 5. The van der Waals surface area contributed by atoms with Gasteiger partial charge >= 0.3 is 6.36 Å². The van der Waals surface area contributed by atoms with Crippen LogP contribution in [0.5, 0.6) is 0 Å². The molecular weight excluding hydrogens is 391 g/mol. The van der Waals surface area contributed by atoms with Gasteiger partial charge in [0.05, 0.1) is 23.5 Å². The Hall–Kier alpha value is -2.40. The molecule has 1 aliphatic heterocycles. The van der Waals surface area contributed by atoms with Crippen molar-refractivity contribution < 1.29 is 27.4 Å². The lowest BCUT2D eigenvalue weighted by molar-refractivity contribution is -0.330. The van der Waals surface area contributed by atoms with Crippen molar-refractivity contribution in [3.05, 3.63) is 35.6 Å². The Bertz CT molecular complexity index is 876. The minimum atomic E-state index is -4.77. The van der Waals surface area contributed by atoms with E-state index in [1.54, 1.807) is 10.7 Å². The van der Waals surface area contributed by atoms with Crippen LogP contribution in [0.1, 0.15) is 55.2 Å². The molecule has 1 aliphatic rings. The van der Waals surface area contributed by atoms with Gasteiger partial charge in [-0.3, -0.25) is 14.2 Å². The van der Waals surface area contributed by atoms with Crippen LogP contribution >= 0.6 is 0 Å². The number of aromatic nitrogens is 4. The number of halogens is 3. The van der Waals surface area contributed by atoms with Crippen LogP contribution in [0.4, 0.5) is 19.0 Å². The van der Waals surface area contributed by atoms with Crippen LogP contribution in [-0.4, -0.2) is 38.4 Å². The van der Waals surface area contributed by atoms with E-state index in [0.29, 0.717) is 18.1 Å². The lowest BCUT2D eigenvalue weighted by Crippen LogP contribution is -2.27. The van der Waals surface area contributed by atoms with Gasteiger partial charge in [0.1, 0.15) is 24.2 Å². The summed E-state index contributed by atoms with van der Waals surface area (Å²) < 4.78 is 49.0. The van der Waals surface area contributed by atoms with Crippen molar-refractivity contribution >= 4 is 11.7 Å². The maximum Gasteiger partial charge on any atom is 0.522 e. The third kappa shape index (κ3) is 5.15. The van der Waals surface area contributed by atoms with Gasteiger partial charge in [0.2, 0.25) is 0 Å². The monoisotopic (exact) mass is 414 g/mol. The summed E-state index contributed by atoms with van der Waals surface area (Å²) in [5.74, 6) is -0.0589. The molecule has 3 rings (SSSR count). The summed E-state index contributed by atoms with van der Waals surface area (Å²) in [6.07, 6.45) is -2.19. The number of nitrogens with zero attached hydrogens (tertiary/aromatic N) is 4. The minimum Gasteiger partial charge on any atom is -0.372 e. The number of rotatable bonds is 5. The molecule has 1 saturated heterocycles. The van der Waals surface area contributed by atoms with Crippen LogP contribution in [0.25, 0.3) is 0 Å². The van der Waals surface area contributed by atoms with Crippen molar-refractivity contribution in [3.63, 3.8) is 0 Å². The van der Waals surface area contributed by atoms with E-state index in [1.807, 2.05) is 27.2 Å². The van der Waals surface area contributed by atoms with Gasteiger partial charge in [0.15, 0.2) is 0 Å². The predicted octanol–water partition coefficient (Wildman–Crippen LogP) is 3.33. The third-order valence-corrected chi connectivity index (χ3v) is 4.28. The highest BCUT2D eigenvalue weighted by Gasteiger charge is 2.30. The zero-order valence-corrected chi connectivity index (χ0v) is 16.6. The minimum absolute atomic E-state index is 0.00474. The molecule has 1 fully saturated rings. The van der Waals surface area contributed by atoms with E-state index in [2.05, 4.69) is 20.3 Å². The number of amides is 1. The number of carbonyl (C=O) groups is 1. The van der Waals surface area contributed by atoms with E-state index in [1.165, 1.54) is 17.8 Å². The quantitative estimate of drug-likeness (QED) is 0.812. The van der Waals surface area contributed by atoms with Gasteiger partial charge in [-0.05, 0) is 39.7 Å². The highest BCUT2D eigenvalue weighted by atomic mass is 19.4. The second-order valence-corrected chi connectivity index (χ2v) is 7.72. The van der Waals surface area contributed by atoms with Gasteiger partial charge in [-0.2, -0.15) is 10.2 Å². The Morgan fingerprint density at radius 1 is 1.31 bits per heavy atom. The van der Waals surface area contributed by atoms with Crippen molar-refractivity contribution in [3.8, 4) is 0 Å². The number of ether oxygens (including phenoxy) is 2. The van der Waals surface area contributed by atoms with Crippen LogP contribution in [0, 0.1) is 6.42 Å². The highest BCUT2D eigenvalue weighted by Crippen LogP contribution is 2.31. The summed E-state index contributed by atoms with van der Waals surface area (Å²) in [4.78, 5) is 12.7. The summed E-state index contributed by atoms with van der Waals surface area (Å²) in [5.41, 5.74) is 0.379. The first kappa shape index (κ1) is 21.3. The predicted molar refractivity (Wildman–Crippen MR) is 96.8 cm³/mol. The molecule has 1 atom stereocenters. The van der Waals surface area contributed by atoms with Crippen molar-refractivity contribution in [2.75, 3.05) is 11.9 Å². The molecule has 3 heterocycles. The van der Waals surface area contributed by atoms with Crippen LogP contribution in [-0.2, 0) is 28.7 Å². The first-order valence-corrected chi connectivity index (χ1v) is 9.03. The number of aryl methyl sites for hydroxylation is 1. The second kappa shape index (κ2) is 7.79. The molecule has 0 unspecified atom stereocenters. The van der Waals surface area contributed by atoms with Gasteiger partial charge < -0.3 is 10.1 Å². The number of hydrogen-bond donors (Lipinski definition) is 1. The molecule has 11 heteroatoms. The molecule has 1 amide bonds. The van der Waals surface area contributed by atoms with Crippen molar-refractivity contribution in [1.29, 1.82) is 0 Å². The zero-order chi connectivity index (χ0) is 21.4. The van der Waals surface area contributed by atoms with E-state index >= 15 is 0 Å². The van der Waals surface area contributed by atoms with Gasteiger partial charge in [-0.15, -0.1) is 13.2 Å². The van der Waals surface area contributed by atoms with Crippen LogP contribution < -0.4 is 5.32 Å². The van der Waals surface area contributed by atoms with E-state index < -0.39 is 24.4 Å². The molecule has 1 radical (unpaired) electrons. The average molecular weight is 414 g/mol. The summed E-state index contributed by atoms with van der Waals surface area (Å²) in [6, 6.07) is 3.01. The fourth-order valence-electron chi connectivity index (χ4n) is 2.98. The molecule has 0 aliphatic carbocycles. The smallest absolute Gasteiger partial charge is 0.372 e. The van der Waals surface area contributed by atoms with Gasteiger partial charge in [0, 0.05) is 13.1 Å². The number of carbonyl (C=O) groups excluding carboxylic acids is 1. The Labute approximate surface area is 166 Å². The molecule has 159 valence electrons. The first-order valence-electron chi connectivity index (χ1n) is 9.03. The summed E-state index contributed by atoms with van der Waals surface area (Å²) in [7, 11) is 1.47. The SMILES string of the molecule is Cn1nc(COC(F)(F)F)cc1C(=O)Nc1cc([C@H]2C[CH]CO2)nn1C(C)(C)C. The maximum absolute atomic E-state index is 12.7. The molecule has 0 saturated carbocycles. The molecule has 0 bridgehead atoms. The molecule has 2 aromatic heterocycles. The number of anilines is 1. The Morgan fingerprint density at radius 2 is 2.03 bits per heavy atom. The van der Waals surface area contributed by atoms with E-state index in [-0.39, 0.29) is 17.5 Å². The molecule has 1 N–H and O–H groups in total. The standard InChI is InChI=1S/C18H23F3N5O3/c1-17(2,3)26-15(9-12(24-26)14-6-5-7-28-14)22-16(27)13-8-11(23-25(13)4)10-29-18(19,20)21/h5,8-9,14H,6-7,10H2,1-4H3,(H,22,27)/t14-/m1/s1. The van der Waals surface area contributed by atoms with Crippen molar-refractivity contribution in [2.45, 2.75) is 51.8 Å². The largest absolute Gasteiger partial charge is 0.522 e. The number of nitrogens with one attached hydrogen (secondary N) is 1. The van der Waals surface area contributed by atoms with E-state index in [0.717, 1.165) is 6.42 Å². The van der Waals surface area contributed by atoms with Gasteiger partial charge in [-0.1, -0.05) is 0 Å². The Morgan fingerprint density at radius 3 is 2.62 bits per heavy atom. The van der Waals surface area contributed by atoms with E-state index in [9.17, 15) is 18.0 Å². The fourth-order valence-corrected chi connectivity index (χ4v) is 2.98. The molecular formula is C18H23F3N5O3. The topological polar surface area (TPSA) is 83.2 Å². The normalized spacial score (nSPS) is 17.7. The lowest BCUT2D eigenvalue weighted by Gasteiger charge is -2.22. The molecule has 8 nitrogen and oxygen atoms in total. The van der Waals surface area contributed by atoms with Crippen LogP contribution in [0.2, 0.25) is 0 Å². The van der Waals surface area contributed by atoms with Crippen molar-refractivity contribution in [1.82, 2.24) is 19.6 Å². The second-order valence-electron chi connectivity index (χ2n) is 7.72. The summed E-state index contributed by atoms with van der Waals surface area (Å²) >= 11 is 0. The third-order valence-electron chi connectivity index (χ3n) is 4.28. The number of alkyl halides is 3. The van der Waals surface area contributed by atoms with Crippen LogP contribution in [0.15, 0.2) is 12.1 Å². The van der Waals surface area contributed by atoms with Crippen molar-refractivity contribution in [2.24, 2.45) is 7.05 Å². The summed E-state index contributed by atoms with van der Waals surface area (Å²) in [5, 5.41) is 11.3. The molecule has 0 aromatic carbocycles. The lowest BCUT2D eigenvalue weighted by atomic mass is 10.1. The van der Waals surface area contributed by atoms with Gasteiger partial charge in [-0.25, -0.2) is 4.68 Å². The average Bonchev–Trinajstić information content (AvgIpc) is 3.30. The molecule has 29 heavy (non-hydrogen) atoms. The maximum atomic E-state index is 12.7. The summed E-state index contributed by atoms with van der Waals surface area (Å²) in [6.45, 7) is 5.60. The Balaban J connectivity index is 1.80.